The fraction of sp³-hybridized carbons (Fsp3) is 0.588. The number of ether oxygens (including phenoxy) is 1. The molecule has 1 aromatic carbocycles. The summed E-state index contributed by atoms with van der Waals surface area (Å²) in [6.07, 6.45) is 4.07. The second kappa shape index (κ2) is 10.4. The molecule has 0 aliphatic heterocycles. The van der Waals surface area contributed by atoms with Crippen molar-refractivity contribution in [1.29, 1.82) is 0 Å². The van der Waals surface area contributed by atoms with Crippen molar-refractivity contribution in [2.75, 3.05) is 13.7 Å². The quantitative estimate of drug-likeness (QED) is 0.514. The third-order valence-electron chi connectivity index (χ3n) is 3.57. The SMILES string of the molecule is CCCCCCNC(CC(=O)OC)C(O)c1ccccc1. The number of rotatable bonds is 10. The maximum Gasteiger partial charge on any atom is 0.307 e. The minimum atomic E-state index is -0.712. The van der Waals surface area contributed by atoms with Crippen LogP contribution in [0.4, 0.5) is 0 Å². The second-order valence-corrected chi connectivity index (χ2v) is 5.26. The van der Waals surface area contributed by atoms with Gasteiger partial charge in [0.15, 0.2) is 0 Å². The molecule has 2 N–H and O–H groups in total. The molecule has 21 heavy (non-hydrogen) atoms. The van der Waals surface area contributed by atoms with E-state index in [4.69, 9.17) is 4.74 Å². The Kier molecular flexibility index (Phi) is 8.71. The van der Waals surface area contributed by atoms with Crippen LogP contribution < -0.4 is 5.32 Å². The van der Waals surface area contributed by atoms with Gasteiger partial charge in [0.05, 0.1) is 19.6 Å². The van der Waals surface area contributed by atoms with Crippen molar-refractivity contribution in [1.82, 2.24) is 5.32 Å². The van der Waals surface area contributed by atoms with Crippen molar-refractivity contribution in [3.05, 3.63) is 35.9 Å². The zero-order valence-corrected chi connectivity index (χ0v) is 13.0. The van der Waals surface area contributed by atoms with Gasteiger partial charge in [0.25, 0.3) is 0 Å². The first-order valence-electron chi connectivity index (χ1n) is 7.72. The molecule has 4 heteroatoms. The Hall–Kier alpha value is -1.39. The molecule has 0 aromatic heterocycles. The Bertz CT molecular complexity index is 394. The normalized spacial score (nSPS) is 13.7. The van der Waals surface area contributed by atoms with Gasteiger partial charge in [0.1, 0.15) is 0 Å². The van der Waals surface area contributed by atoms with E-state index in [1.165, 1.54) is 20.0 Å². The van der Waals surface area contributed by atoms with Gasteiger partial charge in [0, 0.05) is 6.04 Å². The van der Waals surface area contributed by atoms with Gasteiger partial charge in [-0.3, -0.25) is 4.79 Å². The van der Waals surface area contributed by atoms with E-state index in [-0.39, 0.29) is 18.4 Å². The monoisotopic (exact) mass is 293 g/mol. The Morgan fingerprint density at radius 2 is 1.95 bits per heavy atom. The lowest BCUT2D eigenvalue weighted by Crippen LogP contribution is -2.37. The first kappa shape index (κ1) is 17.7. The summed E-state index contributed by atoms with van der Waals surface area (Å²) in [6, 6.07) is 9.09. The lowest BCUT2D eigenvalue weighted by molar-refractivity contribution is -0.142. The second-order valence-electron chi connectivity index (χ2n) is 5.26. The van der Waals surface area contributed by atoms with Crippen molar-refractivity contribution in [2.24, 2.45) is 0 Å². The summed E-state index contributed by atoms with van der Waals surface area (Å²) in [5.74, 6) is -0.309. The summed E-state index contributed by atoms with van der Waals surface area (Å²) in [5, 5.41) is 13.7. The molecular weight excluding hydrogens is 266 g/mol. The molecule has 0 amide bonds. The molecule has 1 rings (SSSR count). The van der Waals surface area contributed by atoms with Gasteiger partial charge in [-0.25, -0.2) is 0 Å². The third-order valence-corrected chi connectivity index (χ3v) is 3.57. The lowest BCUT2D eigenvalue weighted by atomic mass is 9.99. The molecule has 0 aliphatic rings. The molecule has 0 bridgehead atoms. The van der Waals surface area contributed by atoms with Crippen LogP contribution >= 0.6 is 0 Å². The topological polar surface area (TPSA) is 58.6 Å². The van der Waals surface area contributed by atoms with Crippen LogP contribution in [0.3, 0.4) is 0 Å². The van der Waals surface area contributed by atoms with Gasteiger partial charge in [-0.2, -0.15) is 0 Å². The highest BCUT2D eigenvalue weighted by Gasteiger charge is 2.23. The van der Waals surface area contributed by atoms with Crippen LogP contribution in [0.5, 0.6) is 0 Å². The molecule has 118 valence electrons. The maximum absolute atomic E-state index is 11.5. The number of nitrogens with one attached hydrogen (secondary N) is 1. The van der Waals surface area contributed by atoms with Crippen LogP contribution in [-0.2, 0) is 9.53 Å². The van der Waals surface area contributed by atoms with E-state index in [0.29, 0.717) is 0 Å². The molecule has 0 fully saturated rings. The zero-order valence-electron chi connectivity index (χ0n) is 13.0. The molecule has 4 nitrogen and oxygen atoms in total. The first-order valence-corrected chi connectivity index (χ1v) is 7.72. The molecule has 2 atom stereocenters. The molecule has 1 aromatic rings. The Labute approximate surface area is 127 Å². The van der Waals surface area contributed by atoms with Crippen molar-refractivity contribution >= 4 is 5.97 Å². The number of hydrogen-bond acceptors (Lipinski definition) is 4. The summed E-state index contributed by atoms with van der Waals surface area (Å²) in [5.41, 5.74) is 0.812. The van der Waals surface area contributed by atoms with Gasteiger partial charge in [0.2, 0.25) is 0 Å². The number of esters is 1. The Balaban J connectivity index is 2.57. The molecule has 0 saturated heterocycles. The van der Waals surface area contributed by atoms with Gasteiger partial charge in [-0.05, 0) is 18.5 Å². The fourth-order valence-corrected chi connectivity index (χ4v) is 2.28. The number of unbranched alkanes of at least 4 members (excludes halogenated alkanes) is 3. The molecular formula is C17H27NO3. The van der Waals surface area contributed by atoms with Crippen molar-refractivity contribution < 1.29 is 14.6 Å². The van der Waals surface area contributed by atoms with Crippen LogP contribution in [-0.4, -0.2) is 30.8 Å². The summed E-state index contributed by atoms with van der Waals surface area (Å²) in [7, 11) is 1.37. The standard InChI is InChI=1S/C17H27NO3/c1-3-4-5-9-12-18-15(13-16(19)21-2)17(20)14-10-7-6-8-11-14/h6-8,10-11,15,17-18,20H,3-5,9,12-13H2,1-2H3. The number of carbonyl (C=O) groups is 1. The molecule has 2 unspecified atom stereocenters. The van der Waals surface area contributed by atoms with Crippen molar-refractivity contribution in [2.45, 2.75) is 51.2 Å². The molecule has 0 aliphatic carbocycles. The van der Waals surface area contributed by atoms with E-state index in [1.807, 2.05) is 30.3 Å². The van der Waals surface area contributed by atoms with E-state index >= 15 is 0 Å². The predicted octanol–water partition coefficient (Wildman–Crippen LogP) is 2.82. The predicted molar refractivity (Wildman–Crippen MR) is 84.0 cm³/mol. The van der Waals surface area contributed by atoms with Crippen LogP contribution in [0, 0.1) is 0 Å². The summed E-state index contributed by atoms with van der Waals surface area (Å²) in [4.78, 5) is 11.5. The van der Waals surface area contributed by atoms with E-state index < -0.39 is 6.10 Å². The lowest BCUT2D eigenvalue weighted by Gasteiger charge is -2.23. The molecule has 0 heterocycles. The smallest absolute Gasteiger partial charge is 0.307 e. The van der Waals surface area contributed by atoms with E-state index in [1.54, 1.807) is 0 Å². The first-order chi connectivity index (χ1) is 10.2. The largest absolute Gasteiger partial charge is 0.469 e. The Morgan fingerprint density at radius 1 is 1.24 bits per heavy atom. The highest BCUT2D eigenvalue weighted by molar-refractivity contribution is 5.70. The van der Waals surface area contributed by atoms with Crippen LogP contribution in [0.2, 0.25) is 0 Å². The number of aliphatic hydroxyl groups excluding tert-OH is 1. The summed E-state index contributed by atoms with van der Waals surface area (Å²) in [6.45, 7) is 2.97. The van der Waals surface area contributed by atoms with Crippen molar-refractivity contribution in [3.63, 3.8) is 0 Å². The average Bonchev–Trinajstić information content (AvgIpc) is 2.53. The number of aliphatic hydroxyl groups is 1. The maximum atomic E-state index is 11.5. The Morgan fingerprint density at radius 3 is 2.57 bits per heavy atom. The number of methoxy groups -OCH3 is 1. The zero-order chi connectivity index (χ0) is 15.5. The van der Waals surface area contributed by atoms with Gasteiger partial charge in [-0.15, -0.1) is 0 Å². The molecule has 0 spiro atoms. The fourth-order valence-electron chi connectivity index (χ4n) is 2.28. The van der Waals surface area contributed by atoms with Crippen LogP contribution in [0.25, 0.3) is 0 Å². The van der Waals surface area contributed by atoms with Gasteiger partial charge in [-0.1, -0.05) is 56.5 Å². The highest BCUT2D eigenvalue weighted by atomic mass is 16.5. The molecule has 0 saturated carbocycles. The third kappa shape index (κ3) is 6.74. The summed E-state index contributed by atoms with van der Waals surface area (Å²) >= 11 is 0. The average molecular weight is 293 g/mol. The van der Waals surface area contributed by atoms with Crippen LogP contribution in [0.15, 0.2) is 30.3 Å². The van der Waals surface area contributed by atoms with Crippen molar-refractivity contribution in [3.8, 4) is 0 Å². The van der Waals surface area contributed by atoms with E-state index in [2.05, 4.69) is 12.2 Å². The molecule has 0 radical (unpaired) electrons. The number of hydrogen-bond donors (Lipinski definition) is 2. The van der Waals surface area contributed by atoms with E-state index in [9.17, 15) is 9.90 Å². The summed E-state index contributed by atoms with van der Waals surface area (Å²) < 4.78 is 4.72. The van der Waals surface area contributed by atoms with E-state index in [0.717, 1.165) is 24.9 Å². The minimum Gasteiger partial charge on any atom is -0.469 e. The number of benzene rings is 1. The van der Waals surface area contributed by atoms with Gasteiger partial charge < -0.3 is 15.2 Å². The number of carbonyl (C=O) groups excluding carboxylic acids is 1. The minimum absolute atomic E-state index is 0.167. The van der Waals surface area contributed by atoms with Gasteiger partial charge >= 0.3 is 5.97 Å². The van der Waals surface area contributed by atoms with Crippen LogP contribution in [0.1, 0.15) is 50.7 Å². The highest BCUT2D eigenvalue weighted by Crippen LogP contribution is 2.19.